The molecular formula is C24H27N5O5. The number of nitrogens with one attached hydrogen (secondary N) is 1. The van der Waals surface area contributed by atoms with E-state index in [0.29, 0.717) is 26.2 Å². The summed E-state index contributed by atoms with van der Waals surface area (Å²) in [5.41, 5.74) is 1.35. The maximum Gasteiger partial charge on any atom is 0.273 e. The molecular weight excluding hydrogens is 438 g/mol. The van der Waals surface area contributed by atoms with Crippen LogP contribution in [0, 0.1) is 17.0 Å². The fraction of sp³-hybridized carbons (Fsp3) is 0.375. The van der Waals surface area contributed by atoms with Gasteiger partial charge in [0.25, 0.3) is 11.6 Å². The molecule has 0 saturated carbocycles. The van der Waals surface area contributed by atoms with E-state index in [-0.39, 0.29) is 48.1 Å². The molecule has 1 atom stereocenters. The monoisotopic (exact) mass is 465 g/mol. The van der Waals surface area contributed by atoms with Crippen LogP contribution in [0.25, 0.3) is 0 Å². The van der Waals surface area contributed by atoms with E-state index < -0.39 is 16.9 Å². The maximum absolute atomic E-state index is 13.3. The summed E-state index contributed by atoms with van der Waals surface area (Å²) >= 11 is 0. The van der Waals surface area contributed by atoms with Crippen LogP contribution in [0.2, 0.25) is 0 Å². The summed E-state index contributed by atoms with van der Waals surface area (Å²) in [5, 5.41) is 14.0. The number of carbonyl (C=O) groups excluding carboxylic acids is 3. The van der Waals surface area contributed by atoms with Crippen molar-refractivity contribution in [2.75, 3.05) is 44.2 Å². The molecule has 2 aliphatic rings. The second-order valence-corrected chi connectivity index (χ2v) is 8.42. The number of amides is 3. The molecule has 2 aromatic rings. The molecule has 0 aliphatic carbocycles. The summed E-state index contributed by atoms with van der Waals surface area (Å²) in [5.74, 6) is -1.06. The number of benzene rings is 2. The SMILES string of the molecule is Cc1c(C(=O)N2CCNC(=O)[C@H]2CC(=O)N2CCN(c3ccccc3)CC2)cccc1[N+](=O)[O-]. The van der Waals surface area contributed by atoms with Crippen LogP contribution in [0.1, 0.15) is 22.3 Å². The van der Waals surface area contributed by atoms with Crippen molar-refractivity contribution in [1.29, 1.82) is 0 Å². The Morgan fingerprint density at radius 2 is 1.74 bits per heavy atom. The van der Waals surface area contributed by atoms with Crippen LogP contribution in [0.5, 0.6) is 0 Å². The molecule has 2 aromatic carbocycles. The van der Waals surface area contributed by atoms with Gasteiger partial charge < -0.3 is 20.0 Å². The first-order chi connectivity index (χ1) is 16.4. The molecule has 2 heterocycles. The van der Waals surface area contributed by atoms with E-state index in [0.717, 1.165) is 5.69 Å². The lowest BCUT2D eigenvalue weighted by Crippen LogP contribution is -2.59. The van der Waals surface area contributed by atoms with Crippen molar-refractivity contribution < 1.29 is 19.3 Å². The summed E-state index contributed by atoms with van der Waals surface area (Å²) in [4.78, 5) is 55.1. The van der Waals surface area contributed by atoms with Crippen LogP contribution in [0.15, 0.2) is 48.5 Å². The van der Waals surface area contributed by atoms with Crippen LogP contribution in [0.3, 0.4) is 0 Å². The molecule has 0 spiro atoms. The number of hydrogen-bond donors (Lipinski definition) is 1. The Morgan fingerprint density at radius 3 is 2.41 bits per heavy atom. The molecule has 1 N–H and O–H groups in total. The van der Waals surface area contributed by atoms with E-state index in [2.05, 4.69) is 10.2 Å². The molecule has 34 heavy (non-hydrogen) atoms. The second-order valence-electron chi connectivity index (χ2n) is 8.42. The number of hydrogen-bond acceptors (Lipinski definition) is 6. The van der Waals surface area contributed by atoms with Gasteiger partial charge in [-0.3, -0.25) is 24.5 Å². The fourth-order valence-corrected chi connectivity index (χ4v) is 4.52. The van der Waals surface area contributed by atoms with Crippen LogP contribution in [0.4, 0.5) is 11.4 Å². The van der Waals surface area contributed by atoms with Gasteiger partial charge in [0.2, 0.25) is 11.8 Å². The minimum Gasteiger partial charge on any atom is -0.368 e. The van der Waals surface area contributed by atoms with Gasteiger partial charge in [-0.15, -0.1) is 0 Å². The predicted octanol–water partition coefficient (Wildman–Crippen LogP) is 1.58. The molecule has 0 unspecified atom stereocenters. The minimum atomic E-state index is -0.959. The molecule has 0 aromatic heterocycles. The molecule has 2 fully saturated rings. The van der Waals surface area contributed by atoms with Gasteiger partial charge in [-0.25, -0.2) is 0 Å². The highest BCUT2D eigenvalue weighted by Crippen LogP contribution is 2.24. The smallest absolute Gasteiger partial charge is 0.273 e. The molecule has 0 bridgehead atoms. The predicted molar refractivity (Wildman–Crippen MR) is 126 cm³/mol. The third-order valence-electron chi connectivity index (χ3n) is 6.45. The molecule has 10 heteroatoms. The number of rotatable bonds is 5. The van der Waals surface area contributed by atoms with E-state index >= 15 is 0 Å². The number of nitro groups is 1. The van der Waals surface area contributed by atoms with E-state index in [4.69, 9.17) is 0 Å². The Balaban J connectivity index is 1.45. The molecule has 3 amide bonds. The number of para-hydroxylation sites is 1. The number of piperazine rings is 2. The molecule has 10 nitrogen and oxygen atoms in total. The topological polar surface area (TPSA) is 116 Å². The first-order valence-corrected chi connectivity index (χ1v) is 11.3. The Bertz CT molecular complexity index is 1100. The van der Waals surface area contributed by atoms with Crippen LogP contribution in [-0.4, -0.2) is 77.8 Å². The largest absolute Gasteiger partial charge is 0.368 e. The number of anilines is 1. The van der Waals surface area contributed by atoms with Crippen molar-refractivity contribution in [2.24, 2.45) is 0 Å². The van der Waals surface area contributed by atoms with Crippen LogP contribution in [-0.2, 0) is 9.59 Å². The van der Waals surface area contributed by atoms with E-state index in [1.165, 1.54) is 30.0 Å². The van der Waals surface area contributed by atoms with Crippen molar-refractivity contribution in [3.8, 4) is 0 Å². The van der Waals surface area contributed by atoms with Gasteiger partial charge in [0, 0.05) is 62.1 Å². The van der Waals surface area contributed by atoms with Gasteiger partial charge in [0.05, 0.1) is 11.3 Å². The first kappa shape index (κ1) is 23.2. The van der Waals surface area contributed by atoms with Gasteiger partial charge in [0.15, 0.2) is 0 Å². The zero-order chi connectivity index (χ0) is 24.2. The summed E-state index contributed by atoms with van der Waals surface area (Å²) in [6, 6.07) is 13.3. The van der Waals surface area contributed by atoms with Crippen LogP contribution < -0.4 is 10.2 Å². The average molecular weight is 466 g/mol. The van der Waals surface area contributed by atoms with E-state index in [9.17, 15) is 24.5 Å². The Kier molecular flexibility index (Phi) is 6.76. The van der Waals surface area contributed by atoms with E-state index in [1.807, 2.05) is 30.3 Å². The lowest BCUT2D eigenvalue weighted by atomic mass is 10.0. The molecule has 0 radical (unpaired) electrons. The Hall–Kier alpha value is -3.95. The maximum atomic E-state index is 13.3. The van der Waals surface area contributed by atoms with Crippen molar-refractivity contribution in [1.82, 2.24) is 15.1 Å². The van der Waals surface area contributed by atoms with Gasteiger partial charge in [-0.2, -0.15) is 0 Å². The lowest BCUT2D eigenvalue weighted by molar-refractivity contribution is -0.385. The standard InChI is InChI=1S/C24H27N5O5/c1-17-19(8-5-9-20(17)29(33)34)24(32)28-11-10-25-23(31)21(28)16-22(30)27-14-12-26(13-15-27)18-6-3-2-4-7-18/h2-9,21H,10-16H2,1H3,(H,25,31)/t21-/m1/s1. The van der Waals surface area contributed by atoms with Crippen molar-refractivity contribution >= 4 is 29.1 Å². The highest BCUT2D eigenvalue weighted by atomic mass is 16.6. The first-order valence-electron chi connectivity index (χ1n) is 11.3. The highest BCUT2D eigenvalue weighted by molar-refractivity contribution is 6.01. The van der Waals surface area contributed by atoms with Gasteiger partial charge in [-0.1, -0.05) is 24.3 Å². The zero-order valence-corrected chi connectivity index (χ0v) is 19.0. The summed E-state index contributed by atoms with van der Waals surface area (Å²) in [6.07, 6.45) is -0.128. The van der Waals surface area contributed by atoms with Gasteiger partial charge in [-0.05, 0) is 25.1 Å². The quantitative estimate of drug-likeness (QED) is 0.530. The zero-order valence-electron chi connectivity index (χ0n) is 19.0. The molecule has 2 saturated heterocycles. The lowest BCUT2D eigenvalue weighted by Gasteiger charge is -2.39. The minimum absolute atomic E-state index is 0.128. The normalized spacial score (nSPS) is 18.4. The summed E-state index contributed by atoms with van der Waals surface area (Å²) < 4.78 is 0. The van der Waals surface area contributed by atoms with Gasteiger partial charge in [0.1, 0.15) is 6.04 Å². The third-order valence-corrected chi connectivity index (χ3v) is 6.45. The Labute approximate surface area is 197 Å². The Morgan fingerprint density at radius 1 is 1.03 bits per heavy atom. The van der Waals surface area contributed by atoms with Gasteiger partial charge >= 0.3 is 0 Å². The average Bonchev–Trinajstić information content (AvgIpc) is 2.85. The fourth-order valence-electron chi connectivity index (χ4n) is 4.52. The summed E-state index contributed by atoms with van der Waals surface area (Å²) in [6.45, 7) is 4.43. The molecule has 2 aliphatic heterocycles. The third kappa shape index (κ3) is 4.70. The van der Waals surface area contributed by atoms with E-state index in [1.54, 1.807) is 4.90 Å². The second kappa shape index (κ2) is 9.90. The van der Waals surface area contributed by atoms with Crippen molar-refractivity contribution in [2.45, 2.75) is 19.4 Å². The van der Waals surface area contributed by atoms with Crippen molar-refractivity contribution in [3.63, 3.8) is 0 Å². The molecule has 4 rings (SSSR count). The number of carbonyl (C=O) groups is 3. The van der Waals surface area contributed by atoms with Crippen LogP contribution >= 0.6 is 0 Å². The highest BCUT2D eigenvalue weighted by Gasteiger charge is 2.37. The molecule has 178 valence electrons. The summed E-state index contributed by atoms with van der Waals surface area (Å²) in [7, 11) is 0. The number of nitrogens with zero attached hydrogens (tertiary/aromatic N) is 4. The number of nitro benzene ring substituents is 1. The van der Waals surface area contributed by atoms with Crippen molar-refractivity contribution in [3.05, 3.63) is 69.8 Å².